The minimum absolute atomic E-state index is 0.0421. The van der Waals surface area contributed by atoms with E-state index in [1.54, 1.807) is 12.1 Å². The third-order valence-corrected chi connectivity index (χ3v) is 10.1. The summed E-state index contributed by atoms with van der Waals surface area (Å²) in [6, 6.07) is 9.09. The van der Waals surface area contributed by atoms with Crippen LogP contribution in [0, 0.1) is 0 Å². The molecular formula is C30H37N2O8S2+. The number of carbonyl (C=O) groups is 1. The summed E-state index contributed by atoms with van der Waals surface area (Å²) >= 11 is 0. The van der Waals surface area contributed by atoms with Gasteiger partial charge in [0, 0.05) is 47.5 Å². The lowest BCUT2D eigenvalue weighted by Crippen LogP contribution is -2.29. The number of benzene rings is 2. The molecule has 0 amide bonds. The Bertz CT molecular complexity index is 1750. The van der Waals surface area contributed by atoms with E-state index < -0.39 is 37.0 Å². The molecule has 2 aliphatic heterocycles. The molecule has 42 heavy (non-hydrogen) atoms. The van der Waals surface area contributed by atoms with E-state index in [1.807, 2.05) is 52.8 Å². The number of anilines is 1. The van der Waals surface area contributed by atoms with Crippen molar-refractivity contribution in [3.63, 3.8) is 0 Å². The largest absolute Gasteiger partial charge is 0.481 e. The summed E-state index contributed by atoms with van der Waals surface area (Å²) in [7, 11) is -8.82. The number of aliphatic carboxylic acids is 1. The lowest BCUT2D eigenvalue weighted by Gasteiger charge is -2.30. The van der Waals surface area contributed by atoms with E-state index in [9.17, 15) is 35.8 Å². The van der Waals surface area contributed by atoms with Gasteiger partial charge in [0.15, 0.2) is 5.71 Å². The van der Waals surface area contributed by atoms with E-state index in [1.165, 1.54) is 24.3 Å². The van der Waals surface area contributed by atoms with Crippen molar-refractivity contribution in [2.75, 3.05) is 18.0 Å². The van der Waals surface area contributed by atoms with Crippen LogP contribution in [0.15, 0.2) is 70.1 Å². The van der Waals surface area contributed by atoms with Crippen molar-refractivity contribution < 1.29 is 40.4 Å². The van der Waals surface area contributed by atoms with Crippen LogP contribution in [-0.4, -0.2) is 60.4 Å². The van der Waals surface area contributed by atoms with Gasteiger partial charge in [0.1, 0.15) is 6.54 Å². The third-order valence-electron chi connectivity index (χ3n) is 8.38. The Labute approximate surface area is 247 Å². The predicted octanol–water partition coefficient (Wildman–Crippen LogP) is 5.07. The van der Waals surface area contributed by atoms with Crippen LogP contribution in [0.4, 0.5) is 11.4 Å². The molecule has 2 aromatic carbocycles. The molecule has 0 spiro atoms. The van der Waals surface area contributed by atoms with Gasteiger partial charge >= 0.3 is 5.97 Å². The van der Waals surface area contributed by atoms with Crippen LogP contribution in [0.3, 0.4) is 0 Å². The molecule has 0 aliphatic carbocycles. The van der Waals surface area contributed by atoms with Gasteiger partial charge < -0.3 is 10.0 Å². The molecular weight excluding hydrogens is 580 g/mol. The molecule has 2 aliphatic rings. The van der Waals surface area contributed by atoms with Crippen LogP contribution >= 0.6 is 0 Å². The second-order valence-corrected chi connectivity index (χ2v) is 14.1. The average Bonchev–Trinajstić information content (AvgIpc) is 3.26. The van der Waals surface area contributed by atoms with Crippen molar-refractivity contribution in [3.8, 4) is 0 Å². The van der Waals surface area contributed by atoms with Gasteiger partial charge in [0.2, 0.25) is 5.69 Å². The first-order chi connectivity index (χ1) is 19.5. The molecule has 2 aromatic rings. The summed E-state index contributed by atoms with van der Waals surface area (Å²) in [5.41, 5.74) is 3.56. The van der Waals surface area contributed by atoms with Crippen LogP contribution in [-0.2, 0) is 35.9 Å². The van der Waals surface area contributed by atoms with Crippen molar-refractivity contribution >= 4 is 43.3 Å². The third kappa shape index (κ3) is 5.56. The zero-order valence-corrected chi connectivity index (χ0v) is 26.0. The zero-order valence-electron chi connectivity index (χ0n) is 24.3. The molecule has 0 saturated heterocycles. The standard InChI is InChI=1S/C30H36N2O8S2/c1-6-31-24-15-13-20(41(35,36)37)18-22(24)29(3,4)26(31)10-8-11-27-30(5,17-9-12-28(33)34)23-19-21(42(38,39)40)14-16-25(23)32(27)7-2/h8,10-11,13-16,18-19H,6-7,9,12,17H2,1-5H3,(H2-,33,34,35,36,37,38,39,40)/p+1. The van der Waals surface area contributed by atoms with Gasteiger partial charge in [-0.2, -0.15) is 21.4 Å². The summed E-state index contributed by atoms with van der Waals surface area (Å²) < 4.78 is 69.0. The maximum atomic E-state index is 12.0. The smallest absolute Gasteiger partial charge is 0.303 e. The van der Waals surface area contributed by atoms with Crippen LogP contribution < -0.4 is 4.90 Å². The second-order valence-electron chi connectivity index (χ2n) is 11.3. The Hall–Kier alpha value is -3.32. The Morgan fingerprint density at radius 1 is 0.952 bits per heavy atom. The van der Waals surface area contributed by atoms with Crippen LogP contribution in [0.5, 0.6) is 0 Å². The molecule has 0 fully saturated rings. The first kappa shape index (κ1) is 31.6. The van der Waals surface area contributed by atoms with Crippen molar-refractivity contribution in [2.45, 2.75) is 74.5 Å². The van der Waals surface area contributed by atoms with Crippen molar-refractivity contribution in [2.24, 2.45) is 0 Å². The number of fused-ring (bicyclic) bond motifs is 2. The molecule has 12 heteroatoms. The Kier molecular flexibility index (Phi) is 8.33. The van der Waals surface area contributed by atoms with Gasteiger partial charge in [0.25, 0.3) is 20.2 Å². The van der Waals surface area contributed by atoms with Crippen LogP contribution in [0.1, 0.15) is 65.0 Å². The quantitative estimate of drug-likeness (QED) is 0.245. The number of carboxylic acids is 1. The van der Waals surface area contributed by atoms with Crippen molar-refractivity contribution in [1.82, 2.24) is 0 Å². The predicted molar refractivity (Wildman–Crippen MR) is 160 cm³/mol. The Morgan fingerprint density at radius 3 is 2.10 bits per heavy atom. The fraction of sp³-hybridized carbons (Fsp3) is 0.400. The first-order valence-electron chi connectivity index (χ1n) is 13.7. The summed E-state index contributed by atoms with van der Waals surface area (Å²) in [5.74, 6) is -0.919. The van der Waals surface area contributed by atoms with Gasteiger partial charge in [-0.3, -0.25) is 13.9 Å². The van der Waals surface area contributed by atoms with Crippen molar-refractivity contribution in [3.05, 3.63) is 71.5 Å². The van der Waals surface area contributed by atoms with Crippen LogP contribution in [0.2, 0.25) is 0 Å². The highest BCUT2D eigenvalue weighted by atomic mass is 32.2. The molecule has 3 N–H and O–H groups in total. The van der Waals surface area contributed by atoms with Gasteiger partial charge in [-0.15, -0.1) is 0 Å². The number of nitrogens with zero attached hydrogens (tertiary/aromatic N) is 2. The minimum Gasteiger partial charge on any atom is -0.481 e. The number of likely N-dealkylation sites (N-methyl/N-ethyl adjacent to an activating group) is 1. The van der Waals surface area contributed by atoms with Crippen LogP contribution in [0.25, 0.3) is 0 Å². The molecule has 2 heterocycles. The molecule has 1 unspecified atom stereocenters. The van der Waals surface area contributed by atoms with E-state index in [0.29, 0.717) is 31.5 Å². The topological polar surface area (TPSA) is 152 Å². The van der Waals surface area contributed by atoms with E-state index in [2.05, 4.69) is 9.48 Å². The van der Waals surface area contributed by atoms with E-state index >= 15 is 0 Å². The summed E-state index contributed by atoms with van der Waals surface area (Å²) in [5, 5.41) is 9.27. The highest BCUT2D eigenvalue weighted by Gasteiger charge is 2.45. The average molecular weight is 618 g/mol. The molecule has 226 valence electrons. The summed E-state index contributed by atoms with van der Waals surface area (Å²) in [6.45, 7) is 11.1. The fourth-order valence-corrected chi connectivity index (χ4v) is 7.29. The van der Waals surface area contributed by atoms with E-state index in [-0.39, 0.29) is 16.2 Å². The van der Waals surface area contributed by atoms with Gasteiger partial charge in [-0.1, -0.05) is 6.08 Å². The Balaban J connectivity index is 1.82. The number of hydrogen-bond donors (Lipinski definition) is 3. The van der Waals surface area contributed by atoms with E-state index in [0.717, 1.165) is 28.3 Å². The minimum atomic E-state index is -4.45. The molecule has 0 radical (unpaired) electrons. The van der Waals surface area contributed by atoms with Gasteiger partial charge in [-0.05, 0) is 89.4 Å². The summed E-state index contributed by atoms with van der Waals surface area (Å²) in [6.07, 6.45) is 6.56. The first-order valence-corrected chi connectivity index (χ1v) is 16.6. The lowest BCUT2D eigenvalue weighted by molar-refractivity contribution is -0.433. The second kappa shape index (κ2) is 11.1. The summed E-state index contributed by atoms with van der Waals surface area (Å²) in [4.78, 5) is 13.0. The van der Waals surface area contributed by atoms with Crippen molar-refractivity contribution in [1.29, 1.82) is 0 Å². The fourth-order valence-electron chi connectivity index (χ4n) is 6.28. The zero-order chi connectivity index (χ0) is 31.3. The number of carboxylic acid groups (broad SMARTS) is 1. The molecule has 4 rings (SSSR count). The Morgan fingerprint density at radius 2 is 1.55 bits per heavy atom. The maximum absolute atomic E-state index is 12.0. The molecule has 0 saturated carbocycles. The monoisotopic (exact) mass is 617 g/mol. The molecule has 1 atom stereocenters. The van der Waals surface area contributed by atoms with Gasteiger partial charge in [-0.25, -0.2) is 0 Å². The molecule has 0 bridgehead atoms. The SMILES string of the molecule is CCN1C(=CC=CC2=[N+](CC)c3ccc(S(=O)(=O)O)cc3C2(C)C)C(C)(CCCC(=O)O)c2cc(S(=O)(=O)O)ccc21. The molecule has 10 nitrogen and oxygen atoms in total. The van der Waals surface area contributed by atoms with Gasteiger partial charge in [0.05, 0.1) is 15.2 Å². The number of rotatable bonds is 10. The molecule has 0 aromatic heterocycles. The van der Waals surface area contributed by atoms with E-state index in [4.69, 9.17) is 0 Å². The normalized spacial score (nSPS) is 20.9. The highest BCUT2D eigenvalue weighted by Crippen LogP contribution is 2.51. The maximum Gasteiger partial charge on any atom is 0.303 e. The number of hydrogen-bond acceptors (Lipinski definition) is 6. The highest BCUT2D eigenvalue weighted by molar-refractivity contribution is 7.86. The lowest BCUT2D eigenvalue weighted by atomic mass is 9.77. The number of allylic oxidation sites excluding steroid dienone is 4.